The van der Waals surface area contributed by atoms with Crippen molar-refractivity contribution >= 4 is 46.6 Å². The second-order valence-corrected chi connectivity index (χ2v) is 5.39. The van der Waals surface area contributed by atoms with Crippen molar-refractivity contribution in [3.63, 3.8) is 0 Å². The van der Waals surface area contributed by atoms with Crippen molar-refractivity contribution in [2.45, 2.75) is 0 Å². The molecule has 6 nitrogen and oxygen atoms in total. The number of rotatable bonds is 4. The van der Waals surface area contributed by atoms with E-state index in [0.717, 1.165) is 6.07 Å². The summed E-state index contributed by atoms with van der Waals surface area (Å²) in [6.07, 6.45) is 1.17. The summed E-state index contributed by atoms with van der Waals surface area (Å²) >= 11 is 11.7. The summed E-state index contributed by atoms with van der Waals surface area (Å²) in [5.74, 6) is -0.655. The molecule has 0 heterocycles. The summed E-state index contributed by atoms with van der Waals surface area (Å²) in [5.41, 5.74) is 0.0369. The zero-order valence-corrected chi connectivity index (χ0v) is 13.5. The van der Waals surface area contributed by atoms with Gasteiger partial charge >= 0.3 is 0 Å². The lowest BCUT2D eigenvalue weighted by molar-refractivity contribution is -0.384. The van der Waals surface area contributed by atoms with E-state index >= 15 is 0 Å². The number of hydrogen-bond acceptors (Lipinski definition) is 4. The van der Waals surface area contributed by atoms with Gasteiger partial charge in [-0.3, -0.25) is 14.9 Å². The Balaban J connectivity index is 2.37. The summed E-state index contributed by atoms with van der Waals surface area (Å²) in [6, 6.07) is 12.6. The van der Waals surface area contributed by atoms with Gasteiger partial charge in [0.25, 0.3) is 11.6 Å². The molecule has 0 atom stereocenters. The molecule has 0 fully saturated rings. The maximum Gasteiger partial charge on any atom is 0.288 e. The van der Waals surface area contributed by atoms with E-state index in [1.54, 1.807) is 36.4 Å². The topological polar surface area (TPSA) is 96.0 Å². The number of benzene rings is 2. The Morgan fingerprint density at radius 3 is 2.46 bits per heavy atom. The van der Waals surface area contributed by atoms with Crippen molar-refractivity contribution in [2.24, 2.45) is 0 Å². The van der Waals surface area contributed by atoms with Gasteiger partial charge in [-0.15, -0.1) is 0 Å². The first-order valence-corrected chi connectivity index (χ1v) is 7.29. The molecule has 0 radical (unpaired) electrons. The Hall–Kier alpha value is -2.88. The van der Waals surface area contributed by atoms with E-state index in [2.05, 4.69) is 5.32 Å². The molecule has 0 aliphatic carbocycles. The molecule has 0 saturated carbocycles. The molecule has 24 heavy (non-hydrogen) atoms. The predicted octanol–water partition coefficient (Wildman–Crippen LogP) is 4.45. The average molecular weight is 362 g/mol. The maximum absolute atomic E-state index is 12.1. The van der Waals surface area contributed by atoms with E-state index < -0.39 is 10.8 Å². The van der Waals surface area contributed by atoms with Crippen LogP contribution < -0.4 is 5.32 Å². The number of anilines is 1. The van der Waals surface area contributed by atoms with Gasteiger partial charge in [0.1, 0.15) is 16.7 Å². The highest BCUT2D eigenvalue weighted by atomic mass is 35.5. The molecule has 0 bridgehead atoms. The second kappa shape index (κ2) is 7.59. The molecule has 0 unspecified atom stereocenters. The smallest absolute Gasteiger partial charge is 0.288 e. The SMILES string of the molecule is N#C/C(=C/c1cc([N+](=O)[O-])c(Cl)cc1Cl)C(=O)Nc1ccccc1. The molecule has 0 aromatic heterocycles. The molecule has 2 aromatic carbocycles. The number of hydrogen-bond donors (Lipinski definition) is 1. The number of carbonyl (C=O) groups excluding carboxylic acids is 1. The number of nitrogens with zero attached hydrogens (tertiary/aromatic N) is 2. The molecule has 0 spiro atoms. The predicted molar refractivity (Wildman–Crippen MR) is 91.8 cm³/mol. The van der Waals surface area contributed by atoms with Crippen molar-refractivity contribution in [3.05, 3.63) is 73.8 Å². The summed E-state index contributed by atoms with van der Waals surface area (Å²) in [6.45, 7) is 0. The van der Waals surface area contributed by atoms with Gasteiger partial charge in [0.15, 0.2) is 0 Å². The number of nitro groups is 1. The molecule has 2 rings (SSSR count). The largest absolute Gasteiger partial charge is 0.321 e. The van der Waals surface area contributed by atoms with Crippen LogP contribution in [0.5, 0.6) is 0 Å². The number of amides is 1. The van der Waals surface area contributed by atoms with Crippen LogP contribution in [0.15, 0.2) is 48.0 Å². The molecule has 1 amide bonds. The van der Waals surface area contributed by atoms with Crippen LogP contribution >= 0.6 is 23.2 Å². The molecular formula is C16H9Cl2N3O3. The molecule has 0 aliphatic rings. The maximum atomic E-state index is 12.1. The van der Waals surface area contributed by atoms with Gasteiger partial charge in [0.05, 0.1) is 4.92 Å². The Morgan fingerprint density at radius 2 is 1.88 bits per heavy atom. The minimum atomic E-state index is -0.675. The van der Waals surface area contributed by atoms with Crippen molar-refractivity contribution < 1.29 is 9.72 Å². The van der Waals surface area contributed by atoms with Crippen molar-refractivity contribution in [1.29, 1.82) is 5.26 Å². The third kappa shape index (κ3) is 4.10. The van der Waals surface area contributed by atoms with Crippen LogP contribution in [0.1, 0.15) is 5.56 Å². The highest BCUT2D eigenvalue weighted by Gasteiger charge is 2.17. The Labute approximate surface area is 147 Å². The lowest BCUT2D eigenvalue weighted by Crippen LogP contribution is -2.13. The Morgan fingerprint density at radius 1 is 1.21 bits per heavy atom. The fraction of sp³-hybridized carbons (Fsp3) is 0. The van der Waals surface area contributed by atoms with E-state index in [4.69, 9.17) is 23.2 Å². The van der Waals surface area contributed by atoms with Gasteiger partial charge in [0, 0.05) is 22.3 Å². The first kappa shape index (κ1) is 17.5. The first-order valence-electron chi connectivity index (χ1n) is 6.54. The summed E-state index contributed by atoms with van der Waals surface area (Å²) in [4.78, 5) is 22.4. The second-order valence-electron chi connectivity index (χ2n) is 4.57. The molecule has 0 aliphatic heterocycles. The van der Waals surface area contributed by atoms with E-state index in [0.29, 0.717) is 5.69 Å². The van der Waals surface area contributed by atoms with Crippen LogP contribution in [0.3, 0.4) is 0 Å². The van der Waals surface area contributed by atoms with Gasteiger partial charge in [-0.1, -0.05) is 41.4 Å². The first-order chi connectivity index (χ1) is 11.4. The molecule has 2 aromatic rings. The lowest BCUT2D eigenvalue weighted by atomic mass is 10.1. The van der Waals surface area contributed by atoms with Crippen LogP contribution in [-0.2, 0) is 4.79 Å². The van der Waals surface area contributed by atoms with E-state index in [-0.39, 0.29) is 26.9 Å². The molecular weight excluding hydrogens is 353 g/mol. The van der Waals surface area contributed by atoms with Gasteiger partial charge < -0.3 is 5.32 Å². The summed E-state index contributed by atoms with van der Waals surface area (Å²) < 4.78 is 0. The number of para-hydroxylation sites is 1. The summed E-state index contributed by atoms with van der Waals surface area (Å²) in [5, 5.41) is 22.6. The standard InChI is InChI=1S/C16H9Cl2N3O3/c17-13-8-14(18)15(21(23)24)7-10(13)6-11(9-19)16(22)20-12-4-2-1-3-5-12/h1-8H,(H,20,22)/b11-6-. The van der Waals surface area contributed by atoms with Gasteiger partial charge in [-0.25, -0.2) is 0 Å². The highest BCUT2D eigenvalue weighted by molar-refractivity contribution is 6.37. The van der Waals surface area contributed by atoms with Gasteiger partial charge in [-0.2, -0.15) is 5.26 Å². The summed E-state index contributed by atoms with van der Waals surface area (Å²) in [7, 11) is 0. The number of nitriles is 1. The normalized spacial score (nSPS) is 10.8. The average Bonchev–Trinajstić information content (AvgIpc) is 2.54. The fourth-order valence-electron chi connectivity index (χ4n) is 1.83. The quantitative estimate of drug-likeness (QED) is 0.376. The molecule has 8 heteroatoms. The number of halogens is 2. The van der Waals surface area contributed by atoms with E-state index in [1.165, 1.54) is 12.1 Å². The Bertz CT molecular complexity index is 874. The zero-order chi connectivity index (χ0) is 17.7. The zero-order valence-electron chi connectivity index (χ0n) is 12.0. The third-order valence-electron chi connectivity index (χ3n) is 2.96. The van der Waals surface area contributed by atoms with Crippen LogP contribution in [-0.4, -0.2) is 10.8 Å². The van der Waals surface area contributed by atoms with Crippen molar-refractivity contribution in [1.82, 2.24) is 0 Å². The van der Waals surface area contributed by atoms with Gasteiger partial charge in [-0.05, 0) is 24.3 Å². The molecule has 120 valence electrons. The number of nitrogens with one attached hydrogen (secondary N) is 1. The van der Waals surface area contributed by atoms with Crippen LogP contribution in [0.4, 0.5) is 11.4 Å². The lowest BCUT2D eigenvalue weighted by Gasteiger charge is -2.05. The van der Waals surface area contributed by atoms with Gasteiger partial charge in [0.2, 0.25) is 0 Å². The van der Waals surface area contributed by atoms with E-state index in [1.807, 2.05) is 0 Å². The minimum absolute atomic E-state index is 0.0888. The monoisotopic (exact) mass is 361 g/mol. The molecule has 0 saturated heterocycles. The van der Waals surface area contributed by atoms with Crippen molar-refractivity contribution in [3.8, 4) is 6.07 Å². The third-order valence-corrected chi connectivity index (χ3v) is 3.59. The van der Waals surface area contributed by atoms with Crippen molar-refractivity contribution in [2.75, 3.05) is 5.32 Å². The molecule has 1 N–H and O–H groups in total. The number of nitro benzene ring substituents is 1. The van der Waals surface area contributed by atoms with E-state index in [9.17, 15) is 20.2 Å². The Kier molecular flexibility index (Phi) is 5.53. The van der Waals surface area contributed by atoms with Crippen LogP contribution in [0, 0.1) is 21.4 Å². The van der Waals surface area contributed by atoms with Crippen LogP contribution in [0.25, 0.3) is 6.08 Å². The van der Waals surface area contributed by atoms with Crippen LogP contribution in [0.2, 0.25) is 10.0 Å². The fourth-order valence-corrected chi connectivity index (χ4v) is 2.33. The number of carbonyl (C=O) groups is 1. The minimum Gasteiger partial charge on any atom is -0.321 e. The highest BCUT2D eigenvalue weighted by Crippen LogP contribution is 2.32.